The maximum atomic E-state index is 12.3. The number of halogens is 3. The van der Waals surface area contributed by atoms with Crippen LogP contribution in [0.1, 0.15) is 10.4 Å². The molecule has 2 aromatic carbocycles. The Kier molecular flexibility index (Phi) is 4.87. The fourth-order valence-electron chi connectivity index (χ4n) is 1.67. The lowest BCUT2D eigenvalue weighted by atomic mass is 10.2. The summed E-state index contributed by atoms with van der Waals surface area (Å²) in [5.74, 6) is -1.11. The summed E-state index contributed by atoms with van der Waals surface area (Å²) in [5.41, 5.74) is 0.206. The number of carbonyl (C=O) groups is 1. The second kappa shape index (κ2) is 6.34. The zero-order valence-corrected chi connectivity index (χ0v) is 13.8. The van der Waals surface area contributed by atoms with E-state index in [0.717, 1.165) is 0 Å². The van der Waals surface area contributed by atoms with Crippen LogP contribution in [0.2, 0.25) is 15.1 Å². The van der Waals surface area contributed by atoms with Gasteiger partial charge in [0.25, 0.3) is 10.0 Å². The number of carboxylic acid groups (broad SMARTS) is 1. The van der Waals surface area contributed by atoms with Gasteiger partial charge >= 0.3 is 5.97 Å². The Bertz CT molecular complexity index is 812. The fourth-order valence-corrected chi connectivity index (χ4v) is 4.28. The predicted molar refractivity (Wildman–Crippen MR) is 85.7 cm³/mol. The fraction of sp³-hybridized carbons (Fsp3) is 0. The maximum Gasteiger partial charge on any atom is 0.335 e. The molecule has 0 saturated heterocycles. The van der Waals surface area contributed by atoms with E-state index in [1.807, 2.05) is 0 Å². The third-order valence-corrected chi connectivity index (χ3v) is 5.14. The standard InChI is InChI=1S/C13H8Cl3NO4S/c14-8-5-10(15)12(11(16)6-8)22(20,21)17-9-3-1-7(2-4-9)13(18)19/h1-6,17H,(H,18,19). The third-order valence-electron chi connectivity index (χ3n) is 2.62. The lowest BCUT2D eigenvalue weighted by Gasteiger charge is -2.11. The van der Waals surface area contributed by atoms with Crippen molar-refractivity contribution in [3.05, 3.63) is 57.0 Å². The molecule has 0 radical (unpaired) electrons. The average Bonchev–Trinajstić information content (AvgIpc) is 2.36. The normalized spacial score (nSPS) is 11.2. The number of aromatic carboxylic acids is 1. The Labute approximate surface area is 141 Å². The van der Waals surface area contributed by atoms with Crippen LogP contribution < -0.4 is 4.72 Å². The van der Waals surface area contributed by atoms with Crippen LogP contribution in [-0.4, -0.2) is 19.5 Å². The van der Waals surface area contributed by atoms with Crippen LogP contribution in [0.15, 0.2) is 41.3 Å². The Balaban J connectivity index is 2.38. The minimum Gasteiger partial charge on any atom is -0.478 e. The molecule has 0 bridgehead atoms. The monoisotopic (exact) mass is 379 g/mol. The molecule has 116 valence electrons. The largest absolute Gasteiger partial charge is 0.478 e. The van der Waals surface area contributed by atoms with Crippen molar-refractivity contribution in [2.75, 3.05) is 4.72 Å². The van der Waals surface area contributed by atoms with E-state index in [2.05, 4.69) is 4.72 Å². The number of anilines is 1. The molecule has 0 aliphatic rings. The summed E-state index contributed by atoms with van der Waals surface area (Å²) in [6.45, 7) is 0. The molecule has 2 aromatic rings. The second-order valence-electron chi connectivity index (χ2n) is 4.19. The van der Waals surface area contributed by atoms with Crippen LogP contribution in [0.4, 0.5) is 5.69 Å². The number of nitrogens with one attached hydrogen (secondary N) is 1. The Morgan fingerprint density at radius 3 is 1.95 bits per heavy atom. The number of rotatable bonds is 4. The van der Waals surface area contributed by atoms with E-state index in [9.17, 15) is 13.2 Å². The van der Waals surface area contributed by atoms with Gasteiger partial charge in [-0.3, -0.25) is 4.72 Å². The molecule has 0 unspecified atom stereocenters. The number of carboxylic acids is 1. The first-order chi connectivity index (χ1) is 10.2. The van der Waals surface area contributed by atoms with Gasteiger partial charge in [-0.2, -0.15) is 0 Å². The van der Waals surface area contributed by atoms with Crippen molar-refractivity contribution in [2.24, 2.45) is 0 Å². The topological polar surface area (TPSA) is 83.5 Å². The van der Waals surface area contributed by atoms with Crippen LogP contribution in [-0.2, 0) is 10.0 Å². The summed E-state index contributed by atoms with van der Waals surface area (Å²) < 4.78 is 26.9. The first-order valence-electron chi connectivity index (χ1n) is 5.71. The van der Waals surface area contributed by atoms with Crippen molar-refractivity contribution in [1.29, 1.82) is 0 Å². The van der Waals surface area contributed by atoms with E-state index in [4.69, 9.17) is 39.9 Å². The Morgan fingerprint density at radius 1 is 1.00 bits per heavy atom. The van der Waals surface area contributed by atoms with E-state index >= 15 is 0 Å². The molecular formula is C13H8Cl3NO4S. The highest BCUT2D eigenvalue weighted by molar-refractivity contribution is 7.93. The number of hydrogen-bond donors (Lipinski definition) is 2. The molecule has 0 atom stereocenters. The average molecular weight is 381 g/mol. The van der Waals surface area contributed by atoms with Crippen LogP contribution in [0.5, 0.6) is 0 Å². The van der Waals surface area contributed by atoms with Gasteiger partial charge in [-0.15, -0.1) is 0 Å². The quantitative estimate of drug-likeness (QED) is 0.835. The first kappa shape index (κ1) is 16.9. The van der Waals surface area contributed by atoms with Gasteiger partial charge < -0.3 is 5.11 Å². The van der Waals surface area contributed by atoms with Crippen molar-refractivity contribution in [3.63, 3.8) is 0 Å². The minimum atomic E-state index is -4.04. The molecule has 0 fully saturated rings. The summed E-state index contributed by atoms with van der Waals surface area (Å²) in [5, 5.41) is 8.77. The third kappa shape index (κ3) is 3.64. The van der Waals surface area contributed by atoms with Gasteiger partial charge in [-0.05, 0) is 36.4 Å². The summed E-state index contributed by atoms with van der Waals surface area (Å²) in [4.78, 5) is 10.5. The lowest BCUT2D eigenvalue weighted by Crippen LogP contribution is -2.14. The molecule has 0 aliphatic heterocycles. The highest BCUT2D eigenvalue weighted by atomic mass is 35.5. The summed E-state index contributed by atoms with van der Waals surface area (Å²) in [6, 6.07) is 7.70. The molecule has 0 aromatic heterocycles. The molecule has 2 rings (SSSR count). The van der Waals surface area contributed by atoms with Crippen molar-refractivity contribution < 1.29 is 18.3 Å². The van der Waals surface area contributed by atoms with Crippen LogP contribution in [0, 0.1) is 0 Å². The van der Waals surface area contributed by atoms with Crippen LogP contribution in [0.3, 0.4) is 0 Å². The van der Waals surface area contributed by atoms with Gasteiger partial charge in [0.1, 0.15) is 4.90 Å². The van der Waals surface area contributed by atoms with Gasteiger partial charge in [-0.25, -0.2) is 13.2 Å². The van der Waals surface area contributed by atoms with Gasteiger partial charge in [0.05, 0.1) is 15.6 Å². The second-order valence-corrected chi connectivity index (χ2v) is 7.06. The molecule has 0 spiro atoms. The Hall–Kier alpha value is -1.47. The molecule has 5 nitrogen and oxygen atoms in total. The number of hydrogen-bond acceptors (Lipinski definition) is 3. The van der Waals surface area contributed by atoms with Gasteiger partial charge in [0.2, 0.25) is 0 Å². The zero-order valence-electron chi connectivity index (χ0n) is 10.7. The van der Waals surface area contributed by atoms with Gasteiger partial charge in [0, 0.05) is 10.7 Å². The SMILES string of the molecule is O=C(O)c1ccc(NS(=O)(=O)c2c(Cl)cc(Cl)cc2Cl)cc1. The van der Waals surface area contributed by atoms with Crippen molar-refractivity contribution >= 4 is 56.5 Å². The minimum absolute atomic E-state index is 0.0329. The van der Waals surface area contributed by atoms with Crippen molar-refractivity contribution in [2.45, 2.75) is 4.90 Å². The van der Waals surface area contributed by atoms with Crippen LogP contribution >= 0.6 is 34.8 Å². The van der Waals surface area contributed by atoms with E-state index in [1.54, 1.807) is 0 Å². The van der Waals surface area contributed by atoms with Gasteiger partial charge in [0.15, 0.2) is 0 Å². The lowest BCUT2D eigenvalue weighted by molar-refractivity contribution is 0.0697. The predicted octanol–water partition coefficient (Wildman–Crippen LogP) is 4.15. The molecular weight excluding hydrogens is 373 g/mol. The highest BCUT2D eigenvalue weighted by Crippen LogP contribution is 2.33. The van der Waals surface area contributed by atoms with Crippen LogP contribution in [0.25, 0.3) is 0 Å². The van der Waals surface area contributed by atoms with Crippen molar-refractivity contribution in [1.82, 2.24) is 0 Å². The molecule has 22 heavy (non-hydrogen) atoms. The summed E-state index contributed by atoms with van der Waals surface area (Å²) in [6.07, 6.45) is 0. The first-order valence-corrected chi connectivity index (χ1v) is 8.33. The molecule has 0 amide bonds. The number of benzene rings is 2. The van der Waals surface area contributed by atoms with E-state index < -0.39 is 16.0 Å². The summed E-state index contributed by atoms with van der Waals surface area (Å²) >= 11 is 17.5. The molecule has 0 aliphatic carbocycles. The number of sulfonamides is 1. The molecule has 9 heteroatoms. The van der Waals surface area contributed by atoms with Gasteiger partial charge in [-0.1, -0.05) is 34.8 Å². The zero-order chi connectivity index (χ0) is 16.5. The highest BCUT2D eigenvalue weighted by Gasteiger charge is 2.22. The maximum absolute atomic E-state index is 12.3. The molecule has 0 saturated carbocycles. The van der Waals surface area contributed by atoms with E-state index in [0.29, 0.717) is 0 Å². The molecule has 2 N–H and O–H groups in total. The van der Waals surface area contributed by atoms with E-state index in [-0.39, 0.29) is 31.2 Å². The smallest absolute Gasteiger partial charge is 0.335 e. The summed E-state index contributed by atoms with van der Waals surface area (Å²) in [7, 11) is -4.04. The molecule has 0 heterocycles. The van der Waals surface area contributed by atoms with E-state index in [1.165, 1.54) is 36.4 Å². The van der Waals surface area contributed by atoms with Crippen molar-refractivity contribution in [3.8, 4) is 0 Å². The Morgan fingerprint density at radius 2 is 1.50 bits per heavy atom.